The number of para-hydroxylation sites is 3. The number of amides is 2. The van der Waals surface area contributed by atoms with Crippen LogP contribution in [0, 0.1) is 0 Å². The SMILES string of the molecule is CCOc1ccccc1N(C(=O)Cn1nnc2ccccc21)[C@@H](C(=O)NCCOC)c1ccco1. The minimum absolute atomic E-state index is 0.149. The van der Waals surface area contributed by atoms with E-state index in [4.69, 9.17) is 13.9 Å². The lowest BCUT2D eigenvalue weighted by atomic mass is 10.1. The molecule has 0 aliphatic heterocycles. The Kier molecular flexibility index (Phi) is 7.74. The number of carbonyl (C=O) groups excluding carboxylic acids is 2. The van der Waals surface area contributed by atoms with Gasteiger partial charge >= 0.3 is 0 Å². The molecular formula is C25H27N5O5. The molecule has 0 saturated carbocycles. The highest BCUT2D eigenvalue weighted by molar-refractivity contribution is 6.02. The summed E-state index contributed by atoms with van der Waals surface area (Å²) in [5.41, 5.74) is 1.81. The first-order chi connectivity index (χ1) is 17.1. The Balaban J connectivity index is 1.78. The lowest BCUT2D eigenvalue weighted by molar-refractivity contribution is -0.127. The van der Waals surface area contributed by atoms with Crippen LogP contribution in [0.4, 0.5) is 5.69 Å². The molecule has 2 amide bonds. The molecule has 0 unspecified atom stereocenters. The largest absolute Gasteiger partial charge is 0.492 e. The number of hydrogen-bond acceptors (Lipinski definition) is 7. The van der Waals surface area contributed by atoms with E-state index in [-0.39, 0.29) is 13.1 Å². The Morgan fingerprint density at radius 2 is 1.91 bits per heavy atom. The summed E-state index contributed by atoms with van der Waals surface area (Å²) in [5.74, 6) is -0.0349. The number of anilines is 1. The lowest BCUT2D eigenvalue weighted by Gasteiger charge is -2.31. The van der Waals surface area contributed by atoms with Crippen LogP contribution < -0.4 is 15.0 Å². The zero-order valence-electron chi connectivity index (χ0n) is 19.6. The van der Waals surface area contributed by atoms with Gasteiger partial charge in [0.1, 0.15) is 23.6 Å². The zero-order chi connectivity index (χ0) is 24.6. The molecule has 0 fully saturated rings. The number of rotatable bonds is 11. The maximum Gasteiger partial charge on any atom is 0.251 e. The fourth-order valence-corrected chi connectivity index (χ4v) is 3.78. The van der Waals surface area contributed by atoms with Gasteiger partial charge < -0.3 is 19.2 Å². The van der Waals surface area contributed by atoms with Crippen molar-refractivity contribution in [2.45, 2.75) is 19.5 Å². The Morgan fingerprint density at radius 3 is 2.69 bits per heavy atom. The highest BCUT2D eigenvalue weighted by Gasteiger charge is 2.36. The van der Waals surface area contributed by atoms with Gasteiger partial charge in [-0.15, -0.1) is 5.10 Å². The van der Waals surface area contributed by atoms with Gasteiger partial charge in [0.25, 0.3) is 5.91 Å². The van der Waals surface area contributed by atoms with E-state index in [0.717, 1.165) is 0 Å². The van der Waals surface area contributed by atoms with Crippen molar-refractivity contribution in [1.82, 2.24) is 20.3 Å². The smallest absolute Gasteiger partial charge is 0.251 e. The van der Waals surface area contributed by atoms with E-state index < -0.39 is 17.9 Å². The lowest BCUT2D eigenvalue weighted by Crippen LogP contribution is -2.46. The van der Waals surface area contributed by atoms with E-state index in [1.165, 1.54) is 15.8 Å². The first-order valence-corrected chi connectivity index (χ1v) is 11.3. The molecule has 2 heterocycles. The van der Waals surface area contributed by atoms with E-state index in [1.807, 2.05) is 37.3 Å². The van der Waals surface area contributed by atoms with E-state index >= 15 is 0 Å². The van der Waals surface area contributed by atoms with Crippen LogP contribution in [0.5, 0.6) is 5.75 Å². The molecule has 0 spiro atoms. The first-order valence-electron chi connectivity index (χ1n) is 11.3. The van der Waals surface area contributed by atoms with E-state index in [9.17, 15) is 9.59 Å². The van der Waals surface area contributed by atoms with Crippen LogP contribution in [-0.4, -0.2) is 53.7 Å². The molecule has 2 aromatic heterocycles. The number of aromatic nitrogens is 3. The van der Waals surface area contributed by atoms with Gasteiger partial charge in [0.15, 0.2) is 6.04 Å². The number of hydrogen-bond donors (Lipinski definition) is 1. The number of nitrogens with zero attached hydrogens (tertiary/aromatic N) is 4. The van der Waals surface area contributed by atoms with Crippen molar-refractivity contribution in [3.63, 3.8) is 0 Å². The van der Waals surface area contributed by atoms with Crippen molar-refractivity contribution in [3.8, 4) is 5.75 Å². The van der Waals surface area contributed by atoms with Crippen LogP contribution in [0.3, 0.4) is 0 Å². The number of benzene rings is 2. The van der Waals surface area contributed by atoms with Gasteiger partial charge in [-0.1, -0.05) is 29.5 Å². The highest BCUT2D eigenvalue weighted by atomic mass is 16.5. The summed E-state index contributed by atoms with van der Waals surface area (Å²) < 4.78 is 18.0. The van der Waals surface area contributed by atoms with Crippen molar-refractivity contribution >= 4 is 28.5 Å². The molecule has 0 aliphatic carbocycles. The number of methoxy groups -OCH3 is 1. The average molecular weight is 478 g/mol. The Labute approximate surface area is 202 Å². The number of carbonyl (C=O) groups is 2. The second-order valence-corrected chi connectivity index (χ2v) is 7.60. The second kappa shape index (κ2) is 11.3. The molecule has 10 nitrogen and oxygen atoms in total. The van der Waals surface area contributed by atoms with Crippen LogP contribution in [0.1, 0.15) is 18.7 Å². The molecule has 35 heavy (non-hydrogen) atoms. The predicted molar refractivity (Wildman–Crippen MR) is 129 cm³/mol. The minimum atomic E-state index is -1.09. The number of fused-ring (bicyclic) bond motifs is 1. The Morgan fingerprint density at radius 1 is 1.11 bits per heavy atom. The van der Waals surface area contributed by atoms with E-state index in [0.29, 0.717) is 41.4 Å². The quantitative estimate of drug-likeness (QED) is 0.331. The number of nitrogens with one attached hydrogen (secondary N) is 1. The summed E-state index contributed by atoms with van der Waals surface area (Å²) in [6.45, 7) is 2.69. The van der Waals surface area contributed by atoms with Crippen molar-refractivity contribution in [3.05, 3.63) is 72.7 Å². The van der Waals surface area contributed by atoms with Crippen molar-refractivity contribution in [1.29, 1.82) is 0 Å². The third-order valence-electron chi connectivity index (χ3n) is 5.32. The first kappa shape index (κ1) is 24.0. The van der Waals surface area contributed by atoms with Gasteiger partial charge in [0, 0.05) is 13.7 Å². The number of ether oxygens (including phenoxy) is 2. The summed E-state index contributed by atoms with van der Waals surface area (Å²) in [6, 6.07) is 16.7. The van der Waals surface area contributed by atoms with E-state index in [2.05, 4.69) is 15.6 Å². The molecule has 10 heteroatoms. The third-order valence-corrected chi connectivity index (χ3v) is 5.32. The summed E-state index contributed by atoms with van der Waals surface area (Å²) in [4.78, 5) is 28.7. The summed E-state index contributed by atoms with van der Waals surface area (Å²) in [6.07, 6.45) is 1.47. The molecule has 182 valence electrons. The molecule has 0 aliphatic rings. The third kappa shape index (κ3) is 5.33. The molecule has 1 N–H and O–H groups in total. The van der Waals surface area contributed by atoms with Gasteiger partial charge in [-0.05, 0) is 43.3 Å². The van der Waals surface area contributed by atoms with Crippen LogP contribution in [0.25, 0.3) is 11.0 Å². The van der Waals surface area contributed by atoms with Gasteiger partial charge in [-0.25, -0.2) is 4.68 Å². The van der Waals surface area contributed by atoms with Gasteiger partial charge in [0.05, 0.1) is 30.7 Å². The molecule has 4 aromatic rings. The zero-order valence-corrected chi connectivity index (χ0v) is 19.6. The fraction of sp³-hybridized carbons (Fsp3) is 0.280. The van der Waals surface area contributed by atoms with E-state index in [1.54, 1.807) is 37.4 Å². The maximum atomic E-state index is 13.9. The van der Waals surface area contributed by atoms with Crippen LogP contribution in [-0.2, 0) is 20.9 Å². The van der Waals surface area contributed by atoms with Crippen molar-refractivity contribution in [2.24, 2.45) is 0 Å². The normalized spacial score (nSPS) is 11.8. The topological polar surface area (TPSA) is 112 Å². The molecule has 0 bridgehead atoms. The molecule has 0 saturated heterocycles. The molecule has 4 rings (SSSR count). The average Bonchev–Trinajstić information content (AvgIpc) is 3.54. The molecule has 0 radical (unpaired) electrons. The Hall–Kier alpha value is -4.18. The Bertz CT molecular complexity index is 1270. The molecule has 1 atom stereocenters. The monoisotopic (exact) mass is 477 g/mol. The summed E-state index contributed by atoms with van der Waals surface area (Å²) in [5, 5.41) is 11.1. The van der Waals surface area contributed by atoms with Gasteiger partial charge in [-0.2, -0.15) is 0 Å². The highest BCUT2D eigenvalue weighted by Crippen LogP contribution is 2.35. The van der Waals surface area contributed by atoms with Crippen molar-refractivity contribution < 1.29 is 23.5 Å². The van der Waals surface area contributed by atoms with Crippen LogP contribution in [0.15, 0.2) is 71.3 Å². The van der Waals surface area contributed by atoms with Gasteiger partial charge in [-0.3, -0.25) is 14.5 Å². The standard InChI is InChI=1S/C25H27N5O5/c1-3-34-21-12-7-6-11-20(21)30(23(31)17-29-19-10-5-4-9-18(19)27-28-29)24(22-13-8-15-35-22)25(32)26-14-16-33-2/h4-13,15,24H,3,14,16-17H2,1-2H3,(H,26,32)/t24-/m1/s1. The van der Waals surface area contributed by atoms with Crippen molar-refractivity contribution in [2.75, 3.05) is 31.8 Å². The minimum Gasteiger partial charge on any atom is -0.492 e. The number of furan rings is 1. The summed E-state index contributed by atoms with van der Waals surface area (Å²) in [7, 11) is 1.55. The maximum absolute atomic E-state index is 13.9. The fourth-order valence-electron chi connectivity index (χ4n) is 3.78. The van der Waals surface area contributed by atoms with Crippen LogP contribution in [0.2, 0.25) is 0 Å². The second-order valence-electron chi connectivity index (χ2n) is 7.60. The molecule has 2 aromatic carbocycles. The molecular weight excluding hydrogens is 450 g/mol. The van der Waals surface area contributed by atoms with Gasteiger partial charge in [0.2, 0.25) is 5.91 Å². The predicted octanol–water partition coefficient (Wildman–Crippen LogP) is 2.96. The van der Waals surface area contributed by atoms with Crippen LogP contribution >= 0.6 is 0 Å². The summed E-state index contributed by atoms with van der Waals surface area (Å²) >= 11 is 0.